The number of benzene rings is 5. The van der Waals surface area contributed by atoms with Crippen molar-refractivity contribution in [1.29, 1.82) is 0 Å². The van der Waals surface area contributed by atoms with E-state index in [0.717, 1.165) is 11.1 Å². The molecule has 35 heavy (non-hydrogen) atoms. The second-order valence-electron chi connectivity index (χ2n) is 8.42. The smallest absolute Gasteiger partial charge is 0.0148 e. The van der Waals surface area contributed by atoms with Crippen LogP contribution in [-0.4, -0.2) is 6.26 Å². The Labute approximate surface area is 213 Å². The first-order valence-corrected chi connectivity index (χ1v) is 13.3. The molecule has 0 N–H and O–H groups in total. The van der Waals surface area contributed by atoms with Gasteiger partial charge in [-0.15, -0.1) is 11.8 Å². The van der Waals surface area contributed by atoms with E-state index >= 15 is 0 Å². The molecule has 0 bridgehead atoms. The summed E-state index contributed by atoms with van der Waals surface area (Å²) in [5, 5.41) is 7.57. The van der Waals surface area contributed by atoms with Gasteiger partial charge in [-0.25, -0.2) is 0 Å². The summed E-state index contributed by atoms with van der Waals surface area (Å²) in [7, 11) is 0. The summed E-state index contributed by atoms with van der Waals surface area (Å²) in [6.45, 7) is 14.1. The zero-order valence-corrected chi connectivity index (χ0v) is 21.9. The van der Waals surface area contributed by atoms with Gasteiger partial charge in [0.05, 0.1) is 0 Å². The van der Waals surface area contributed by atoms with E-state index in [1.807, 2.05) is 26.0 Å². The van der Waals surface area contributed by atoms with E-state index < -0.39 is 0 Å². The first-order chi connectivity index (χ1) is 17.1. The molecule has 0 saturated heterocycles. The minimum absolute atomic E-state index is 1.11. The van der Waals surface area contributed by atoms with Gasteiger partial charge < -0.3 is 0 Å². The molecular formula is C34H32S. The van der Waals surface area contributed by atoms with Gasteiger partial charge in [0.2, 0.25) is 0 Å². The molecule has 0 aliphatic heterocycles. The highest BCUT2D eigenvalue weighted by atomic mass is 32.2. The first-order valence-electron chi connectivity index (χ1n) is 12.1. The van der Waals surface area contributed by atoms with Gasteiger partial charge in [0, 0.05) is 4.90 Å². The molecule has 0 unspecified atom stereocenters. The van der Waals surface area contributed by atoms with E-state index in [1.165, 1.54) is 53.9 Å². The fraction of sp³-hybridized carbons (Fsp3) is 0.118. The van der Waals surface area contributed by atoms with Crippen molar-refractivity contribution in [3.8, 4) is 0 Å². The summed E-state index contributed by atoms with van der Waals surface area (Å²) < 4.78 is 0. The maximum atomic E-state index is 3.97. The zero-order chi connectivity index (χ0) is 24.9. The Morgan fingerprint density at radius 1 is 0.571 bits per heavy atom. The number of hydrogen-bond donors (Lipinski definition) is 0. The lowest BCUT2D eigenvalue weighted by Gasteiger charge is -2.10. The van der Waals surface area contributed by atoms with E-state index in [-0.39, 0.29) is 0 Å². The van der Waals surface area contributed by atoms with Gasteiger partial charge in [-0.2, -0.15) is 0 Å². The molecule has 0 amide bonds. The zero-order valence-electron chi connectivity index (χ0n) is 21.1. The molecule has 0 radical (unpaired) electrons. The molecule has 0 spiro atoms. The molecule has 0 fully saturated rings. The lowest BCUT2D eigenvalue weighted by Crippen LogP contribution is -1.87. The molecule has 0 saturated carbocycles. The van der Waals surface area contributed by atoms with E-state index in [4.69, 9.17) is 0 Å². The van der Waals surface area contributed by atoms with Gasteiger partial charge in [-0.3, -0.25) is 0 Å². The number of rotatable bonds is 5. The molecule has 5 aromatic rings. The third kappa shape index (κ3) is 4.97. The number of fused-ring (bicyclic) bond motifs is 3. The third-order valence-corrected chi connectivity index (χ3v) is 7.16. The summed E-state index contributed by atoms with van der Waals surface area (Å²) in [5.41, 5.74) is 5.99. The predicted octanol–water partition coefficient (Wildman–Crippen LogP) is 10.7. The molecule has 174 valence electrons. The second-order valence-corrected chi connectivity index (χ2v) is 9.27. The quantitative estimate of drug-likeness (QED) is 0.139. The average molecular weight is 473 g/mol. The van der Waals surface area contributed by atoms with E-state index in [0.29, 0.717) is 0 Å². The highest BCUT2D eigenvalue weighted by molar-refractivity contribution is 7.98. The van der Waals surface area contributed by atoms with Gasteiger partial charge in [0.15, 0.2) is 0 Å². The summed E-state index contributed by atoms with van der Waals surface area (Å²) >= 11 is 1.78. The molecule has 0 heterocycles. The Morgan fingerprint density at radius 2 is 1.03 bits per heavy atom. The van der Waals surface area contributed by atoms with E-state index in [1.54, 1.807) is 11.8 Å². The minimum Gasteiger partial charge on any atom is -0.129 e. The van der Waals surface area contributed by atoms with Crippen molar-refractivity contribution in [3.63, 3.8) is 0 Å². The lowest BCUT2D eigenvalue weighted by molar-refractivity contribution is 1.46. The van der Waals surface area contributed by atoms with Gasteiger partial charge in [0.1, 0.15) is 0 Å². The molecule has 0 atom stereocenters. The monoisotopic (exact) mass is 472 g/mol. The molecule has 0 aliphatic rings. The largest absolute Gasteiger partial charge is 0.129 e. The van der Waals surface area contributed by atoms with Gasteiger partial charge >= 0.3 is 0 Å². The maximum absolute atomic E-state index is 3.97. The van der Waals surface area contributed by atoms with Crippen LogP contribution in [0.25, 0.3) is 56.6 Å². The van der Waals surface area contributed by atoms with Crippen LogP contribution in [-0.2, 0) is 0 Å². The molecule has 0 nitrogen and oxygen atoms in total. The standard InChI is InChI=1S/C32H26S.C2H6/c1-5-22-14-29-19-27(32(33-4)20-31(29)15-23(22)6-2)12-11-24-16-30-18-26-10-8-7-9-25(26)17-28(30)13-21(24)3;1-2/h5-20H,1-2H2,3-4H3;1-2H3/b12-11+;. The highest BCUT2D eigenvalue weighted by Gasteiger charge is 2.07. The Morgan fingerprint density at radius 3 is 1.60 bits per heavy atom. The van der Waals surface area contributed by atoms with E-state index in [2.05, 4.69) is 111 Å². The second kappa shape index (κ2) is 10.8. The van der Waals surface area contributed by atoms with Crippen LogP contribution in [0.15, 0.2) is 90.8 Å². The van der Waals surface area contributed by atoms with Crippen LogP contribution in [0.4, 0.5) is 0 Å². The summed E-state index contributed by atoms with van der Waals surface area (Å²) in [6, 6.07) is 26.7. The number of hydrogen-bond acceptors (Lipinski definition) is 1. The van der Waals surface area contributed by atoms with Crippen LogP contribution in [0, 0.1) is 6.92 Å². The van der Waals surface area contributed by atoms with Crippen molar-refractivity contribution in [2.24, 2.45) is 0 Å². The molecule has 5 rings (SSSR count). The van der Waals surface area contributed by atoms with Crippen LogP contribution >= 0.6 is 11.8 Å². The number of aryl methyl sites for hydroxylation is 1. The third-order valence-electron chi connectivity index (χ3n) is 6.36. The van der Waals surface area contributed by atoms with Crippen molar-refractivity contribution in [1.82, 2.24) is 0 Å². The SMILES string of the molecule is C=Cc1cc2cc(/C=C/c3cc4cc5ccccc5cc4cc3C)c(SC)cc2cc1C=C.CC. The van der Waals surface area contributed by atoms with E-state index in [9.17, 15) is 0 Å². The van der Waals surface area contributed by atoms with Crippen LogP contribution in [0.1, 0.15) is 41.7 Å². The van der Waals surface area contributed by atoms with Crippen LogP contribution in [0.5, 0.6) is 0 Å². The molecule has 5 aromatic carbocycles. The van der Waals surface area contributed by atoms with Gasteiger partial charge in [0.25, 0.3) is 0 Å². The van der Waals surface area contributed by atoms with Crippen molar-refractivity contribution in [2.75, 3.05) is 6.26 Å². The topological polar surface area (TPSA) is 0 Å². The number of thioether (sulfide) groups is 1. The molecular weight excluding hydrogens is 440 g/mol. The summed E-state index contributed by atoms with van der Waals surface area (Å²) in [4.78, 5) is 1.27. The van der Waals surface area contributed by atoms with Crippen LogP contribution in [0.3, 0.4) is 0 Å². The van der Waals surface area contributed by atoms with Crippen LogP contribution < -0.4 is 0 Å². The Bertz CT molecular complexity index is 1580. The minimum atomic E-state index is 1.11. The van der Waals surface area contributed by atoms with Crippen LogP contribution in [0.2, 0.25) is 0 Å². The summed E-state index contributed by atoms with van der Waals surface area (Å²) in [5.74, 6) is 0. The fourth-order valence-electron chi connectivity index (χ4n) is 4.52. The Hall–Kier alpha value is -3.55. The Balaban J connectivity index is 0.00000141. The highest BCUT2D eigenvalue weighted by Crippen LogP contribution is 2.32. The predicted molar refractivity (Wildman–Crippen MR) is 162 cm³/mol. The fourth-order valence-corrected chi connectivity index (χ4v) is 5.13. The lowest BCUT2D eigenvalue weighted by atomic mass is 9.97. The first kappa shape index (κ1) is 24.6. The molecule has 0 aliphatic carbocycles. The van der Waals surface area contributed by atoms with Crippen molar-refractivity contribution in [2.45, 2.75) is 25.7 Å². The van der Waals surface area contributed by atoms with Crippen molar-refractivity contribution >= 4 is 68.4 Å². The van der Waals surface area contributed by atoms with Gasteiger partial charge in [-0.1, -0.05) is 81.6 Å². The maximum Gasteiger partial charge on any atom is 0.0148 e. The normalized spacial score (nSPS) is 11.1. The van der Waals surface area contributed by atoms with Crippen molar-refractivity contribution < 1.29 is 0 Å². The molecule has 0 aromatic heterocycles. The summed E-state index contributed by atoms with van der Waals surface area (Å²) in [6.07, 6.45) is 10.4. The Kier molecular flexibility index (Phi) is 7.58. The van der Waals surface area contributed by atoms with Gasteiger partial charge in [-0.05, 0) is 116 Å². The van der Waals surface area contributed by atoms with Crippen molar-refractivity contribution in [3.05, 3.63) is 114 Å². The molecule has 1 heteroatoms. The average Bonchev–Trinajstić information content (AvgIpc) is 2.90.